The third-order valence-corrected chi connectivity index (χ3v) is 6.06. The molecule has 9 nitrogen and oxygen atoms in total. The molecule has 0 bridgehead atoms. The third kappa shape index (κ3) is 3.94. The minimum atomic E-state index is 0.142. The van der Waals surface area contributed by atoms with E-state index in [-0.39, 0.29) is 25.0 Å². The molecule has 2 aliphatic rings. The number of fused-ring (bicyclic) bond motifs is 2. The van der Waals surface area contributed by atoms with E-state index in [1.165, 1.54) is 0 Å². The average Bonchev–Trinajstić information content (AvgIpc) is 3.68. The molecule has 0 amide bonds. The Hall–Kier alpha value is -5.10. The standard InChI is InChI=1S/C28H20N2O7/c1-31-19-6-3-18(23(11-19)32-2)13-30-28-20(12-29)26(16-4-7-21-24(9-16)35-14-33-21)27(37-28)17-5-8-22-25(10-17)36-15-34-22/h3-11,13H,14-15H2,1-2H3. The summed E-state index contributed by atoms with van der Waals surface area (Å²) in [5, 5.41) is 10.2. The van der Waals surface area contributed by atoms with Crippen molar-refractivity contribution in [2.45, 2.75) is 0 Å². The van der Waals surface area contributed by atoms with Gasteiger partial charge in [-0.2, -0.15) is 5.26 Å². The van der Waals surface area contributed by atoms with E-state index in [4.69, 9.17) is 32.8 Å². The SMILES string of the molecule is COc1ccc(C=Nc2oc(-c3ccc4c(c3)OCO4)c(-c3ccc4c(c3)OCO4)c2C#N)c(OC)c1. The Balaban J connectivity index is 1.50. The minimum absolute atomic E-state index is 0.142. The molecule has 0 aliphatic carbocycles. The topological polar surface area (TPSA) is 105 Å². The normalized spacial score (nSPS) is 13.1. The third-order valence-electron chi connectivity index (χ3n) is 6.06. The van der Waals surface area contributed by atoms with Crippen LogP contribution in [0.5, 0.6) is 34.5 Å². The highest BCUT2D eigenvalue weighted by molar-refractivity contribution is 5.91. The van der Waals surface area contributed by atoms with Gasteiger partial charge in [-0.3, -0.25) is 0 Å². The summed E-state index contributed by atoms with van der Waals surface area (Å²) in [7, 11) is 3.15. The zero-order chi connectivity index (χ0) is 25.4. The van der Waals surface area contributed by atoms with Crippen molar-refractivity contribution in [2.24, 2.45) is 4.99 Å². The van der Waals surface area contributed by atoms with Crippen LogP contribution in [0.1, 0.15) is 11.1 Å². The van der Waals surface area contributed by atoms with E-state index in [9.17, 15) is 5.26 Å². The lowest BCUT2D eigenvalue weighted by atomic mass is 9.97. The number of hydrogen-bond acceptors (Lipinski definition) is 9. The highest BCUT2D eigenvalue weighted by Crippen LogP contribution is 2.47. The van der Waals surface area contributed by atoms with Crippen LogP contribution >= 0.6 is 0 Å². The van der Waals surface area contributed by atoms with Gasteiger partial charge < -0.3 is 32.8 Å². The monoisotopic (exact) mass is 496 g/mol. The maximum absolute atomic E-state index is 10.2. The van der Waals surface area contributed by atoms with E-state index in [2.05, 4.69) is 11.1 Å². The maximum Gasteiger partial charge on any atom is 0.238 e. The summed E-state index contributed by atoms with van der Waals surface area (Å²) in [6.07, 6.45) is 1.59. The molecule has 0 unspecified atom stereocenters. The van der Waals surface area contributed by atoms with Gasteiger partial charge in [-0.05, 0) is 48.0 Å². The van der Waals surface area contributed by atoms with Crippen molar-refractivity contribution >= 4 is 12.1 Å². The lowest BCUT2D eigenvalue weighted by molar-refractivity contribution is 0.173. The Bertz CT molecular complexity index is 1580. The molecule has 0 N–H and O–H groups in total. The van der Waals surface area contributed by atoms with Crippen LogP contribution in [-0.2, 0) is 0 Å². The summed E-state index contributed by atoms with van der Waals surface area (Å²) < 4.78 is 39.0. The van der Waals surface area contributed by atoms with E-state index in [0.717, 1.165) is 5.56 Å². The van der Waals surface area contributed by atoms with Gasteiger partial charge in [0, 0.05) is 29.0 Å². The first kappa shape index (κ1) is 22.4. The highest BCUT2D eigenvalue weighted by Gasteiger charge is 2.26. The van der Waals surface area contributed by atoms with E-state index in [1.807, 2.05) is 30.3 Å². The number of rotatable bonds is 6. The van der Waals surface area contributed by atoms with E-state index >= 15 is 0 Å². The Morgan fingerprint density at radius 3 is 2.16 bits per heavy atom. The zero-order valence-corrected chi connectivity index (χ0v) is 19.9. The first-order valence-electron chi connectivity index (χ1n) is 11.3. The van der Waals surface area contributed by atoms with Crippen molar-refractivity contribution in [1.82, 2.24) is 0 Å². The molecule has 4 aromatic rings. The molecule has 0 saturated heterocycles. The van der Waals surface area contributed by atoms with Crippen molar-refractivity contribution in [3.63, 3.8) is 0 Å². The number of nitrogens with zero attached hydrogens (tertiary/aromatic N) is 2. The second-order valence-corrected chi connectivity index (χ2v) is 8.10. The van der Waals surface area contributed by atoms with Crippen molar-refractivity contribution in [2.75, 3.05) is 27.8 Å². The van der Waals surface area contributed by atoms with Gasteiger partial charge in [0.05, 0.1) is 14.2 Å². The zero-order valence-electron chi connectivity index (χ0n) is 19.9. The van der Waals surface area contributed by atoms with Gasteiger partial charge in [0.15, 0.2) is 23.0 Å². The number of ether oxygens (including phenoxy) is 6. The molecule has 9 heteroatoms. The van der Waals surface area contributed by atoms with Crippen LogP contribution in [0.4, 0.5) is 5.88 Å². The Morgan fingerprint density at radius 1 is 0.811 bits per heavy atom. The number of hydrogen-bond donors (Lipinski definition) is 0. The van der Waals surface area contributed by atoms with Gasteiger partial charge in [0.25, 0.3) is 0 Å². The van der Waals surface area contributed by atoms with E-state index in [1.54, 1.807) is 44.7 Å². The summed E-state index contributed by atoms with van der Waals surface area (Å²) in [6, 6.07) is 18.6. The number of benzene rings is 3. The summed E-state index contributed by atoms with van der Waals surface area (Å²) in [5.74, 6) is 4.30. The molecule has 1 aromatic heterocycles. The van der Waals surface area contributed by atoms with Gasteiger partial charge >= 0.3 is 0 Å². The molecule has 6 rings (SSSR count). The first-order chi connectivity index (χ1) is 18.2. The van der Waals surface area contributed by atoms with Crippen molar-refractivity contribution in [3.05, 3.63) is 65.7 Å². The lowest BCUT2D eigenvalue weighted by Gasteiger charge is -2.06. The minimum Gasteiger partial charge on any atom is -0.497 e. The Labute approximate surface area is 212 Å². The van der Waals surface area contributed by atoms with Gasteiger partial charge in [-0.15, -0.1) is 0 Å². The van der Waals surface area contributed by atoms with Gasteiger partial charge in [-0.25, -0.2) is 4.99 Å². The summed E-state index contributed by atoms with van der Waals surface area (Å²) in [5.41, 5.74) is 2.97. The van der Waals surface area contributed by atoms with Crippen molar-refractivity contribution < 1.29 is 32.8 Å². The van der Waals surface area contributed by atoms with Crippen LogP contribution in [0.15, 0.2) is 64.0 Å². The molecule has 184 valence electrons. The largest absolute Gasteiger partial charge is 0.497 e. The van der Waals surface area contributed by atoms with Crippen molar-refractivity contribution in [3.8, 4) is 63.0 Å². The number of nitriles is 1. The molecule has 37 heavy (non-hydrogen) atoms. The fourth-order valence-corrected chi connectivity index (χ4v) is 4.24. The first-order valence-corrected chi connectivity index (χ1v) is 11.3. The van der Waals surface area contributed by atoms with Crippen LogP contribution in [0.3, 0.4) is 0 Å². The number of methoxy groups -OCH3 is 2. The van der Waals surface area contributed by atoms with Gasteiger partial charge in [-0.1, -0.05) is 6.07 Å². The second kappa shape index (κ2) is 9.17. The molecule has 0 saturated carbocycles. The summed E-state index contributed by atoms with van der Waals surface area (Å²) >= 11 is 0. The average molecular weight is 496 g/mol. The quantitative estimate of drug-likeness (QED) is 0.313. The van der Waals surface area contributed by atoms with Crippen LogP contribution < -0.4 is 28.4 Å². The molecular weight excluding hydrogens is 476 g/mol. The molecule has 0 radical (unpaired) electrons. The number of aliphatic imine (C=N–C) groups is 1. The molecule has 3 aromatic carbocycles. The predicted molar refractivity (Wildman–Crippen MR) is 133 cm³/mol. The number of furan rings is 1. The smallest absolute Gasteiger partial charge is 0.238 e. The van der Waals surface area contributed by atoms with Crippen LogP contribution in [-0.4, -0.2) is 34.0 Å². The van der Waals surface area contributed by atoms with Crippen LogP contribution in [0, 0.1) is 11.3 Å². The molecular formula is C28H20N2O7. The highest BCUT2D eigenvalue weighted by atomic mass is 16.7. The van der Waals surface area contributed by atoms with E-state index < -0.39 is 0 Å². The van der Waals surface area contributed by atoms with Gasteiger partial charge in [0.1, 0.15) is 28.9 Å². The fourth-order valence-electron chi connectivity index (χ4n) is 4.24. The summed E-state index contributed by atoms with van der Waals surface area (Å²) in [4.78, 5) is 4.54. The Kier molecular flexibility index (Phi) is 5.54. The second-order valence-electron chi connectivity index (χ2n) is 8.10. The predicted octanol–water partition coefficient (Wildman–Crippen LogP) is 5.71. The molecule has 3 heterocycles. The molecule has 0 atom stereocenters. The lowest BCUT2D eigenvalue weighted by Crippen LogP contribution is -1.93. The molecule has 0 spiro atoms. The maximum atomic E-state index is 10.2. The molecule has 0 fully saturated rings. The van der Waals surface area contributed by atoms with Crippen LogP contribution in [0.2, 0.25) is 0 Å². The summed E-state index contributed by atoms with van der Waals surface area (Å²) in [6.45, 7) is 0.290. The fraction of sp³-hybridized carbons (Fsp3) is 0.143. The Morgan fingerprint density at radius 2 is 1.49 bits per heavy atom. The van der Waals surface area contributed by atoms with Gasteiger partial charge in [0.2, 0.25) is 19.5 Å². The van der Waals surface area contributed by atoms with Crippen LogP contribution in [0.25, 0.3) is 22.5 Å². The van der Waals surface area contributed by atoms with E-state index in [0.29, 0.717) is 56.9 Å². The van der Waals surface area contributed by atoms with Crippen molar-refractivity contribution in [1.29, 1.82) is 5.26 Å². The molecule has 2 aliphatic heterocycles.